The first-order valence-electron chi connectivity index (χ1n) is 9.14. The summed E-state index contributed by atoms with van der Waals surface area (Å²) in [7, 11) is 0. The Morgan fingerprint density at radius 3 is 2.57 bits per heavy atom. The third kappa shape index (κ3) is 4.38. The van der Waals surface area contributed by atoms with Crippen molar-refractivity contribution >= 4 is 67.0 Å². The predicted octanol–water partition coefficient (Wildman–Crippen LogP) is 6.04. The molecule has 0 unspecified atom stereocenters. The van der Waals surface area contributed by atoms with Crippen LogP contribution in [-0.4, -0.2) is 21.1 Å². The fraction of sp³-hybridized carbons (Fsp3) is 0.0870. The van der Waals surface area contributed by atoms with Crippen molar-refractivity contribution in [3.05, 3.63) is 96.3 Å². The van der Waals surface area contributed by atoms with Crippen LogP contribution in [0.5, 0.6) is 0 Å². The summed E-state index contributed by atoms with van der Waals surface area (Å²) >= 11 is 6.85. The summed E-state index contributed by atoms with van der Waals surface area (Å²) in [5.41, 5.74) is 2.86. The third-order valence-corrected chi connectivity index (χ3v) is 6.79. The molecule has 0 N–H and O–H groups in total. The maximum absolute atomic E-state index is 13.4. The van der Waals surface area contributed by atoms with E-state index in [-0.39, 0.29) is 17.1 Å². The van der Waals surface area contributed by atoms with Gasteiger partial charge in [0.25, 0.3) is 5.56 Å². The van der Waals surface area contributed by atoms with E-state index in [1.165, 1.54) is 11.8 Å². The number of aryl methyl sites for hydroxylation is 1. The molecule has 1 heterocycles. The monoisotopic (exact) mass is 590 g/mol. The average Bonchev–Trinajstić information content (AvgIpc) is 2.74. The first-order chi connectivity index (χ1) is 14.4. The lowest BCUT2D eigenvalue weighted by atomic mass is 10.2. The summed E-state index contributed by atoms with van der Waals surface area (Å²) in [5, 5.41) is 1.07. The number of benzene rings is 3. The summed E-state index contributed by atoms with van der Waals surface area (Å²) in [4.78, 5) is 30.8. The predicted molar refractivity (Wildman–Crippen MR) is 134 cm³/mol. The van der Waals surface area contributed by atoms with Gasteiger partial charge in [-0.2, -0.15) is 0 Å². The molecule has 0 atom stereocenters. The molecule has 0 aliphatic heterocycles. The lowest BCUT2D eigenvalue weighted by Crippen LogP contribution is -2.23. The van der Waals surface area contributed by atoms with E-state index >= 15 is 0 Å². The molecule has 0 spiro atoms. The van der Waals surface area contributed by atoms with Crippen molar-refractivity contribution in [3.63, 3.8) is 0 Å². The number of carbonyl (C=O) groups excluding carboxylic acids is 1. The van der Waals surface area contributed by atoms with E-state index in [1.54, 1.807) is 16.7 Å². The van der Waals surface area contributed by atoms with Gasteiger partial charge in [0.1, 0.15) is 0 Å². The summed E-state index contributed by atoms with van der Waals surface area (Å²) in [6.45, 7) is 1.96. The number of hydrogen-bond acceptors (Lipinski definition) is 4. The maximum Gasteiger partial charge on any atom is 0.266 e. The average molecular weight is 591 g/mol. The van der Waals surface area contributed by atoms with Crippen LogP contribution in [0.4, 0.5) is 0 Å². The van der Waals surface area contributed by atoms with Crippen molar-refractivity contribution in [1.82, 2.24) is 9.55 Å². The third-order valence-electron chi connectivity index (χ3n) is 4.65. The molecule has 4 rings (SSSR count). The molecule has 0 saturated carbocycles. The van der Waals surface area contributed by atoms with Crippen LogP contribution < -0.4 is 5.56 Å². The van der Waals surface area contributed by atoms with E-state index in [1.807, 2.05) is 61.5 Å². The normalized spacial score (nSPS) is 11.0. The quantitative estimate of drug-likeness (QED) is 0.123. The standard InChI is InChI=1S/C23H16BrIN2O2S/c1-14-4-2-3-5-20(14)27-22(29)18-12-17(25)10-11-19(18)26-23(27)30-13-21(28)15-6-8-16(24)9-7-15/h2-12H,13H2,1H3. The van der Waals surface area contributed by atoms with Crippen molar-refractivity contribution in [2.75, 3.05) is 5.75 Å². The molecular formula is C23H16BrIN2O2S. The van der Waals surface area contributed by atoms with Gasteiger partial charge in [0.15, 0.2) is 10.9 Å². The summed E-state index contributed by atoms with van der Waals surface area (Å²) < 4.78 is 3.51. The first-order valence-corrected chi connectivity index (χ1v) is 12.0. The second-order valence-electron chi connectivity index (χ2n) is 6.70. The van der Waals surface area contributed by atoms with E-state index in [0.717, 1.165) is 19.3 Å². The Morgan fingerprint density at radius 2 is 1.83 bits per heavy atom. The largest absolute Gasteiger partial charge is 0.293 e. The van der Waals surface area contributed by atoms with E-state index in [2.05, 4.69) is 38.5 Å². The van der Waals surface area contributed by atoms with E-state index in [0.29, 0.717) is 21.6 Å². The Hall–Kier alpha value is -1.97. The van der Waals surface area contributed by atoms with Gasteiger partial charge in [-0.3, -0.25) is 14.2 Å². The molecule has 7 heteroatoms. The Labute approximate surface area is 200 Å². The second-order valence-corrected chi connectivity index (χ2v) is 9.81. The van der Waals surface area contributed by atoms with Crippen LogP contribution in [0.1, 0.15) is 15.9 Å². The summed E-state index contributed by atoms with van der Waals surface area (Å²) in [5.74, 6) is 0.177. The highest BCUT2D eigenvalue weighted by atomic mass is 127. The number of para-hydroxylation sites is 1. The van der Waals surface area contributed by atoms with Gasteiger partial charge >= 0.3 is 0 Å². The number of carbonyl (C=O) groups is 1. The van der Waals surface area contributed by atoms with Gasteiger partial charge in [0, 0.05) is 13.6 Å². The number of ketones is 1. The number of aromatic nitrogens is 2. The van der Waals surface area contributed by atoms with Gasteiger partial charge in [-0.05, 0) is 71.5 Å². The molecule has 0 saturated heterocycles. The van der Waals surface area contributed by atoms with Crippen LogP contribution in [-0.2, 0) is 0 Å². The van der Waals surface area contributed by atoms with Gasteiger partial charge in [-0.1, -0.05) is 58.0 Å². The molecule has 30 heavy (non-hydrogen) atoms. The SMILES string of the molecule is Cc1ccccc1-n1c(SCC(=O)c2ccc(Br)cc2)nc2ccc(I)cc2c1=O. The van der Waals surface area contributed by atoms with Crippen molar-refractivity contribution in [1.29, 1.82) is 0 Å². The smallest absolute Gasteiger partial charge is 0.266 e. The summed E-state index contributed by atoms with van der Waals surface area (Å²) in [6, 6.07) is 20.6. The number of nitrogens with zero attached hydrogens (tertiary/aromatic N) is 2. The Kier molecular flexibility index (Phi) is 6.40. The number of hydrogen-bond donors (Lipinski definition) is 0. The Balaban J connectivity index is 1.80. The van der Waals surface area contributed by atoms with Crippen LogP contribution in [0.15, 0.2) is 81.2 Å². The van der Waals surface area contributed by atoms with Gasteiger partial charge in [0.2, 0.25) is 0 Å². The highest BCUT2D eigenvalue weighted by molar-refractivity contribution is 14.1. The number of Topliss-reactive ketones (excluding diaryl/α,β-unsaturated/α-hetero) is 1. The maximum atomic E-state index is 13.4. The lowest BCUT2D eigenvalue weighted by molar-refractivity contribution is 0.102. The zero-order chi connectivity index (χ0) is 21.3. The van der Waals surface area contributed by atoms with E-state index in [4.69, 9.17) is 4.98 Å². The molecule has 0 bridgehead atoms. The molecule has 0 amide bonds. The summed E-state index contributed by atoms with van der Waals surface area (Å²) in [6.07, 6.45) is 0. The second kappa shape index (κ2) is 9.03. The minimum Gasteiger partial charge on any atom is -0.293 e. The number of fused-ring (bicyclic) bond motifs is 1. The zero-order valence-corrected chi connectivity index (χ0v) is 20.5. The fourth-order valence-corrected chi connectivity index (χ4v) is 4.77. The Morgan fingerprint density at radius 1 is 1.10 bits per heavy atom. The number of halogens is 2. The Bertz CT molecular complexity index is 1320. The van der Waals surface area contributed by atoms with Crippen LogP contribution in [0.25, 0.3) is 16.6 Å². The first kappa shape index (κ1) is 21.3. The zero-order valence-electron chi connectivity index (χ0n) is 15.9. The van der Waals surface area contributed by atoms with Crippen molar-refractivity contribution < 1.29 is 4.79 Å². The van der Waals surface area contributed by atoms with Crippen molar-refractivity contribution in [2.45, 2.75) is 12.1 Å². The highest BCUT2D eigenvalue weighted by Crippen LogP contribution is 2.25. The minimum absolute atomic E-state index is 0.0132. The minimum atomic E-state index is -0.133. The molecule has 0 aliphatic carbocycles. The molecule has 3 aromatic carbocycles. The van der Waals surface area contributed by atoms with Gasteiger partial charge in [-0.25, -0.2) is 4.98 Å². The molecule has 1 aromatic heterocycles. The van der Waals surface area contributed by atoms with Crippen LogP contribution in [0, 0.1) is 10.5 Å². The van der Waals surface area contributed by atoms with Crippen LogP contribution in [0.3, 0.4) is 0 Å². The van der Waals surface area contributed by atoms with Crippen molar-refractivity contribution in [3.8, 4) is 5.69 Å². The van der Waals surface area contributed by atoms with Crippen LogP contribution >= 0.6 is 50.3 Å². The molecule has 150 valence electrons. The van der Waals surface area contributed by atoms with Gasteiger partial charge < -0.3 is 0 Å². The molecule has 0 radical (unpaired) electrons. The molecule has 0 aliphatic rings. The van der Waals surface area contributed by atoms with Crippen LogP contribution in [0.2, 0.25) is 0 Å². The van der Waals surface area contributed by atoms with E-state index in [9.17, 15) is 9.59 Å². The highest BCUT2D eigenvalue weighted by Gasteiger charge is 2.17. The molecule has 4 nitrogen and oxygen atoms in total. The molecule has 4 aromatic rings. The fourth-order valence-electron chi connectivity index (χ4n) is 3.11. The van der Waals surface area contributed by atoms with E-state index < -0.39 is 0 Å². The van der Waals surface area contributed by atoms with Crippen molar-refractivity contribution in [2.24, 2.45) is 0 Å². The van der Waals surface area contributed by atoms with Gasteiger partial charge in [-0.15, -0.1) is 0 Å². The molecule has 0 fully saturated rings. The van der Waals surface area contributed by atoms with Gasteiger partial charge in [0.05, 0.1) is 22.3 Å². The number of thioether (sulfide) groups is 1. The number of rotatable bonds is 5. The molecular weight excluding hydrogens is 575 g/mol. The topological polar surface area (TPSA) is 52.0 Å². The lowest BCUT2D eigenvalue weighted by Gasteiger charge is -2.15.